The Morgan fingerprint density at radius 2 is 1.95 bits per heavy atom. The topological polar surface area (TPSA) is 110 Å². The van der Waals surface area contributed by atoms with Gasteiger partial charge >= 0.3 is 12.3 Å². The Hall–Kier alpha value is -3.74. The summed E-state index contributed by atoms with van der Waals surface area (Å²) < 4.78 is 46.1. The van der Waals surface area contributed by atoms with Gasteiger partial charge in [0.2, 0.25) is 0 Å². The van der Waals surface area contributed by atoms with Gasteiger partial charge in [0.15, 0.2) is 0 Å². The molecule has 0 bridgehead atoms. The molecule has 1 aliphatic rings. The number of fused-ring (bicyclic) bond motifs is 1. The second-order valence-electron chi connectivity index (χ2n) is 9.89. The Balaban J connectivity index is 1.57. The van der Waals surface area contributed by atoms with E-state index in [9.17, 15) is 28.1 Å². The van der Waals surface area contributed by atoms with Crippen LogP contribution in [0.1, 0.15) is 56.2 Å². The van der Waals surface area contributed by atoms with Gasteiger partial charge in [0.1, 0.15) is 17.7 Å². The molecule has 1 atom stereocenters. The van der Waals surface area contributed by atoms with Crippen molar-refractivity contribution in [2.75, 3.05) is 18.4 Å². The lowest BCUT2D eigenvalue weighted by Gasteiger charge is -2.29. The van der Waals surface area contributed by atoms with E-state index in [0.29, 0.717) is 41.6 Å². The van der Waals surface area contributed by atoms with Crippen molar-refractivity contribution in [1.82, 2.24) is 14.9 Å². The molecule has 13 heteroatoms. The fourth-order valence-electron chi connectivity index (χ4n) is 3.94. The van der Waals surface area contributed by atoms with Gasteiger partial charge in [0.05, 0.1) is 26.7 Å². The fraction of sp³-hybridized carbons (Fsp3) is 0.400. The minimum atomic E-state index is -4.72. The Morgan fingerprint density at radius 3 is 2.55 bits per heavy atom. The van der Waals surface area contributed by atoms with Crippen LogP contribution in [0.15, 0.2) is 36.7 Å². The zero-order valence-corrected chi connectivity index (χ0v) is 21.9. The Bertz CT molecular complexity index is 1410. The van der Waals surface area contributed by atoms with Crippen LogP contribution in [0.5, 0.6) is 0 Å². The zero-order valence-electron chi connectivity index (χ0n) is 21.1. The minimum absolute atomic E-state index is 0.104. The van der Waals surface area contributed by atoms with Gasteiger partial charge in [0.25, 0.3) is 5.69 Å². The number of carbonyl (C=O) groups excluding carboxylic acids is 1. The summed E-state index contributed by atoms with van der Waals surface area (Å²) in [5, 5.41) is 14.3. The number of halogens is 3. The van der Waals surface area contributed by atoms with Gasteiger partial charge in [-0.05, 0) is 57.4 Å². The average molecular weight is 550 g/mol. The molecular formula is C25H26F3N5O4S. The van der Waals surface area contributed by atoms with E-state index in [1.165, 1.54) is 17.7 Å². The van der Waals surface area contributed by atoms with Crippen LogP contribution in [0.25, 0.3) is 15.8 Å². The summed E-state index contributed by atoms with van der Waals surface area (Å²) in [6, 6.07) is 3.73. The van der Waals surface area contributed by atoms with Crippen LogP contribution in [-0.2, 0) is 10.9 Å². The third kappa shape index (κ3) is 6.21. The van der Waals surface area contributed by atoms with E-state index in [0.717, 1.165) is 22.6 Å². The summed E-state index contributed by atoms with van der Waals surface area (Å²) in [4.78, 5) is 33.9. The first-order chi connectivity index (χ1) is 17.7. The van der Waals surface area contributed by atoms with E-state index in [1.54, 1.807) is 11.8 Å². The lowest BCUT2D eigenvalue weighted by atomic mass is 10.0. The van der Waals surface area contributed by atoms with Crippen LogP contribution in [0.4, 0.5) is 29.5 Å². The summed E-state index contributed by atoms with van der Waals surface area (Å²) in [7, 11) is 0. The van der Waals surface area contributed by atoms with Crippen molar-refractivity contribution < 1.29 is 27.6 Å². The number of nitrogens with one attached hydrogen (secondary N) is 1. The molecule has 1 aliphatic heterocycles. The van der Waals surface area contributed by atoms with Gasteiger partial charge in [-0.15, -0.1) is 11.3 Å². The number of rotatable bonds is 5. The highest BCUT2D eigenvalue weighted by Gasteiger charge is 2.33. The van der Waals surface area contributed by atoms with E-state index in [4.69, 9.17) is 4.74 Å². The van der Waals surface area contributed by atoms with Crippen molar-refractivity contribution in [2.24, 2.45) is 0 Å². The molecule has 0 saturated heterocycles. The third-order valence-corrected chi connectivity index (χ3v) is 7.03. The van der Waals surface area contributed by atoms with Crippen LogP contribution in [0.2, 0.25) is 0 Å². The minimum Gasteiger partial charge on any atom is -0.444 e. The van der Waals surface area contributed by atoms with Crippen LogP contribution < -0.4 is 5.32 Å². The highest BCUT2D eigenvalue weighted by Crippen LogP contribution is 2.38. The summed E-state index contributed by atoms with van der Waals surface area (Å²) in [5.41, 5.74) is -0.511. The number of non-ortho nitro benzene ring substituents is 1. The molecule has 1 amide bonds. The predicted octanol–water partition coefficient (Wildman–Crippen LogP) is 6.82. The third-order valence-electron chi connectivity index (χ3n) is 5.82. The number of amides is 1. The predicted molar refractivity (Wildman–Crippen MR) is 138 cm³/mol. The number of hydrogen-bond acceptors (Lipinski definition) is 8. The van der Waals surface area contributed by atoms with Crippen molar-refractivity contribution >= 4 is 44.7 Å². The van der Waals surface area contributed by atoms with E-state index < -0.39 is 34.0 Å². The largest absolute Gasteiger partial charge is 0.444 e. The number of benzene rings is 1. The van der Waals surface area contributed by atoms with Crippen LogP contribution >= 0.6 is 11.3 Å². The number of ether oxygens (including phenoxy) is 1. The molecule has 0 saturated carbocycles. The molecule has 38 heavy (non-hydrogen) atoms. The van der Waals surface area contributed by atoms with Crippen molar-refractivity contribution in [3.8, 4) is 0 Å². The van der Waals surface area contributed by atoms with Gasteiger partial charge in [-0.1, -0.05) is 6.08 Å². The second kappa shape index (κ2) is 10.2. The molecule has 0 unspecified atom stereocenters. The summed E-state index contributed by atoms with van der Waals surface area (Å²) in [5.74, 6) is 0.408. The maximum absolute atomic E-state index is 13.3. The molecule has 3 aromatic rings. The van der Waals surface area contributed by atoms with E-state index in [1.807, 2.05) is 32.9 Å². The Kier molecular flexibility index (Phi) is 7.33. The lowest BCUT2D eigenvalue weighted by molar-refractivity contribution is -0.385. The van der Waals surface area contributed by atoms with Crippen molar-refractivity contribution in [3.05, 3.63) is 62.8 Å². The van der Waals surface area contributed by atoms with E-state index >= 15 is 0 Å². The first-order valence-electron chi connectivity index (χ1n) is 11.8. The maximum Gasteiger partial charge on any atom is 0.416 e. The quantitative estimate of drug-likeness (QED) is 0.275. The van der Waals surface area contributed by atoms with E-state index in [-0.39, 0.29) is 11.7 Å². The smallest absolute Gasteiger partial charge is 0.416 e. The average Bonchev–Trinajstić information content (AvgIpc) is 3.27. The first kappa shape index (κ1) is 27.3. The fourth-order valence-corrected chi connectivity index (χ4v) is 5.07. The molecule has 202 valence electrons. The number of nitro benzene ring substituents is 1. The van der Waals surface area contributed by atoms with Gasteiger partial charge in [-0.3, -0.25) is 10.1 Å². The molecule has 0 radical (unpaired) electrons. The van der Waals surface area contributed by atoms with Crippen LogP contribution in [-0.4, -0.2) is 44.6 Å². The highest BCUT2D eigenvalue weighted by atomic mass is 32.1. The second-order valence-corrected chi connectivity index (χ2v) is 10.9. The number of hydrogen-bond donors (Lipinski definition) is 1. The standard InChI is InChI=1S/C25H26F3N5O4S/c1-14(16-9-17(25(26,27)28)11-18(10-16)33(35)36)31-22-21-19(29-13-30-22)12-20(38-21)15-5-7-32(8-6-15)23(34)37-24(2,3)4/h5,9-14H,6-8H2,1-4H3,(H,29,30,31)/t14-/m1/s1. The van der Waals surface area contributed by atoms with Crippen molar-refractivity contribution in [1.29, 1.82) is 0 Å². The summed E-state index contributed by atoms with van der Waals surface area (Å²) >= 11 is 1.42. The molecule has 1 N–H and O–H groups in total. The molecule has 3 heterocycles. The molecule has 0 fully saturated rings. The van der Waals surface area contributed by atoms with Gasteiger partial charge in [0, 0.05) is 30.1 Å². The number of nitrogens with zero attached hydrogens (tertiary/aromatic N) is 4. The van der Waals surface area contributed by atoms with Crippen LogP contribution in [0.3, 0.4) is 0 Å². The Morgan fingerprint density at radius 1 is 1.21 bits per heavy atom. The molecule has 0 aliphatic carbocycles. The monoisotopic (exact) mass is 549 g/mol. The van der Waals surface area contributed by atoms with Gasteiger partial charge in [-0.2, -0.15) is 13.2 Å². The molecule has 2 aromatic heterocycles. The Labute approximate surface area is 220 Å². The number of aromatic nitrogens is 2. The van der Waals surface area contributed by atoms with Crippen molar-refractivity contribution in [2.45, 2.75) is 51.9 Å². The number of thiophene rings is 1. The van der Waals surface area contributed by atoms with Gasteiger partial charge < -0.3 is 15.0 Å². The zero-order chi connectivity index (χ0) is 27.8. The highest BCUT2D eigenvalue weighted by molar-refractivity contribution is 7.20. The number of nitro groups is 1. The number of anilines is 1. The molecule has 0 spiro atoms. The maximum atomic E-state index is 13.3. The lowest BCUT2D eigenvalue weighted by Crippen LogP contribution is -2.39. The first-order valence-corrected chi connectivity index (χ1v) is 12.6. The normalized spacial score (nSPS) is 15.2. The summed E-state index contributed by atoms with van der Waals surface area (Å²) in [6.07, 6.45) is -1.17. The van der Waals surface area contributed by atoms with Crippen molar-refractivity contribution in [3.63, 3.8) is 0 Å². The molecule has 9 nitrogen and oxygen atoms in total. The number of carbonyl (C=O) groups is 1. The molecule has 1 aromatic carbocycles. The van der Waals surface area contributed by atoms with Crippen LogP contribution in [0, 0.1) is 10.1 Å². The SMILES string of the molecule is C[C@@H](Nc1ncnc2cc(C3=CCN(C(=O)OC(C)(C)C)CC3)sc12)c1cc([N+](=O)[O-])cc(C(F)(F)F)c1. The molecule has 4 rings (SSSR count). The van der Waals surface area contributed by atoms with E-state index in [2.05, 4.69) is 15.3 Å². The van der Waals surface area contributed by atoms with Gasteiger partial charge in [-0.25, -0.2) is 14.8 Å². The molecular weight excluding hydrogens is 523 g/mol. The summed E-state index contributed by atoms with van der Waals surface area (Å²) in [6.45, 7) is 7.95. The number of alkyl halides is 3.